The van der Waals surface area contributed by atoms with Gasteiger partial charge in [-0.05, 0) is 13.3 Å². The van der Waals surface area contributed by atoms with Crippen LogP contribution in [0.3, 0.4) is 0 Å². The molecule has 1 fully saturated rings. The Hall–Kier alpha value is -0.460. The van der Waals surface area contributed by atoms with Crippen molar-refractivity contribution in [1.29, 1.82) is 0 Å². The Balaban J connectivity index is 0.00000484. The molecular formula is C12H21F6IN4. The summed E-state index contributed by atoms with van der Waals surface area (Å²) in [6.07, 6.45) is -9.08. The molecule has 0 aromatic heterocycles. The Bertz CT molecular complexity index is 372. The minimum absolute atomic E-state index is 0. The van der Waals surface area contributed by atoms with Crippen molar-refractivity contribution < 1.29 is 26.3 Å². The van der Waals surface area contributed by atoms with Crippen LogP contribution in [0.2, 0.25) is 0 Å². The van der Waals surface area contributed by atoms with Crippen LogP contribution in [-0.4, -0.2) is 62.0 Å². The maximum atomic E-state index is 12.3. The molecule has 0 spiro atoms. The van der Waals surface area contributed by atoms with Crippen molar-refractivity contribution in [2.45, 2.75) is 38.2 Å². The van der Waals surface area contributed by atoms with Gasteiger partial charge < -0.3 is 10.6 Å². The van der Waals surface area contributed by atoms with E-state index in [-0.39, 0.29) is 42.5 Å². The van der Waals surface area contributed by atoms with Crippen molar-refractivity contribution >= 4 is 29.9 Å². The molecule has 0 aliphatic carbocycles. The van der Waals surface area contributed by atoms with E-state index >= 15 is 0 Å². The average Bonchev–Trinajstić information content (AvgIpc) is 2.72. The van der Waals surface area contributed by atoms with E-state index in [0.717, 1.165) is 0 Å². The molecule has 1 atom stereocenters. The number of alkyl halides is 6. The molecule has 1 heterocycles. The predicted octanol–water partition coefficient (Wildman–Crippen LogP) is 2.75. The Morgan fingerprint density at radius 2 is 1.83 bits per heavy atom. The molecule has 1 aliphatic heterocycles. The lowest BCUT2D eigenvalue weighted by Gasteiger charge is -2.19. The van der Waals surface area contributed by atoms with Crippen molar-refractivity contribution in [3.8, 4) is 0 Å². The van der Waals surface area contributed by atoms with E-state index in [1.54, 1.807) is 6.92 Å². The van der Waals surface area contributed by atoms with Gasteiger partial charge in [-0.25, -0.2) is 0 Å². The normalized spacial score (nSPS) is 20.3. The molecule has 1 rings (SSSR count). The van der Waals surface area contributed by atoms with E-state index in [4.69, 9.17) is 0 Å². The van der Waals surface area contributed by atoms with Gasteiger partial charge in [0.25, 0.3) is 0 Å². The van der Waals surface area contributed by atoms with Gasteiger partial charge in [-0.15, -0.1) is 24.0 Å². The maximum Gasteiger partial charge on any atom is 0.401 e. The first kappa shape index (κ1) is 22.5. The lowest BCUT2D eigenvalue weighted by Crippen LogP contribution is -2.45. The molecule has 0 radical (unpaired) electrons. The van der Waals surface area contributed by atoms with Gasteiger partial charge in [-0.2, -0.15) is 26.3 Å². The van der Waals surface area contributed by atoms with E-state index in [9.17, 15) is 26.3 Å². The largest absolute Gasteiger partial charge is 0.401 e. The van der Waals surface area contributed by atoms with Crippen LogP contribution in [0.4, 0.5) is 26.3 Å². The third kappa shape index (κ3) is 10.8. The zero-order chi connectivity index (χ0) is 16.8. The summed E-state index contributed by atoms with van der Waals surface area (Å²) < 4.78 is 73.1. The van der Waals surface area contributed by atoms with E-state index in [1.807, 2.05) is 0 Å². The van der Waals surface area contributed by atoms with Crippen LogP contribution >= 0.6 is 24.0 Å². The van der Waals surface area contributed by atoms with Crippen LogP contribution in [-0.2, 0) is 0 Å². The summed E-state index contributed by atoms with van der Waals surface area (Å²) in [5.74, 6) is 0.200. The van der Waals surface area contributed by atoms with Crippen molar-refractivity contribution in [3.63, 3.8) is 0 Å². The molecule has 0 aromatic rings. The van der Waals surface area contributed by atoms with Gasteiger partial charge in [0.05, 0.1) is 19.5 Å². The molecule has 0 amide bonds. The van der Waals surface area contributed by atoms with Gasteiger partial charge in [0.2, 0.25) is 0 Å². The first-order chi connectivity index (χ1) is 10.1. The van der Waals surface area contributed by atoms with Gasteiger partial charge >= 0.3 is 12.4 Å². The predicted molar refractivity (Wildman–Crippen MR) is 86.1 cm³/mol. The summed E-state index contributed by atoms with van der Waals surface area (Å²) >= 11 is 0. The summed E-state index contributed by atoms with van der Waals surface area (Å²) in [6, 6.07) is -0.258. The standard InChI is InChI=1S/C12H20F6N4.HI/c1-2-19-10(20-5-4-11(13,14)15)21-9-3-6-22(7-9)8-12(16,17)18;/h9H,2-8H2,1H3,(H2,19,20,21);1H. The molecular weight excluding hydrogens is 441 g/mol. The fourth-order valence-corrected chi connectivity index (χ4v) is 2.16. The molecule has 23 heavy (non-hydrogen) atoms. The topological polar surface area (TPSA) is 39.7 Å². The van der Waals surface area contributed by atoms with Gasteiger partial charge in [0.1, 0.15) is 0 Å². The second-order valence-corrected chi connectivity index (χ2v) is 5.11. The van der Waals surface area contributed by atoms with Crippen LogP contribution in [0.5, 0.6) is 0 Å². The smallest absolute Gasteiger partial charge is 0.357 e. The van der Waals surface area contributed by atoms with E-state index < -0.39 is 31.9 Å². The highest BCUT2D eigenvalue weighted by Gasteiger charge is 2.34. The van der Waals surface area contributed by atoms with E-state index in [1.165, 1.54) is 4.90 Å². The van der Waals surface area contributed by atoms with Crippen LogP contribution in [0, 0.1) is 0 Å². The molecule has 4 nitrogen and oxygen atoms in total. The lowest BCUT2D eigenvalue weighted by atomic mass is 10.3. The van der Waals surface area contributed by atoms with Crippen LogP contribution in [0.25, 0.3) is 0 Å². The monoisotopic (exact) mass is 462 g/mol. The number of halogens is 7. The summed E-state index contributed by atoms with van der Waals surface area (Å²) in [6.45, 7) is 1.29. The fraction of sp³-hybridized carbons (Fsp3) is 0.917. The van der Waals surface area contributed by atoms with Gasteiger partial charge in [0.15, 0.2) is 5.96 Å². The highest BCUT2D eigenvalue weighted by atomic mass is 127. The van der Waals surface area contributed by atoms with Gasteiger partial charge in [0, 0.05) is 25.7 Å². The van der Waals surface area contributed by atoms with E-state index in [2.05, 4.69) is 15.6 Å². The summed E-state index contributed by atoms with van der Waals surface area (Å²) in [4.78, 5) is 5.06. The Kier molecular flexibility index (Phi) is 9.55. The number of nitrogens with zero attached hydrogens (tertiary/aromatic N) is 2. The van der Waals surface area contributed by atoms with Crippen molar-refractivity contribution in [1.82, 2.24) is 15.5 Å². The average molecular weight is 462 g/mol. The van der Waals surface area contributed by atoms with Crippen LogP contribution in [0.1, 0.15) is 19.8 Å². The maximum absolute atomic E-state index is 12.3. The molecule has 1 aliphatic rings. The summed E-state index contributed by atoms with van der Waals surface area (Å²) in [5.41, 5.74) is 0. The zero-order valence-electron chi connectivity index (χ0n) is 12.6. The third-order valence-corrected chi connectivity index (χ3v) is 3.03. The molecule has 2 N–H and O–H groups in total. The Morgan fingerprint density at radius 3 is 2.35 bits per heavy atom. The number of hydrogen-bond donors (Lipinski definition) is 2. The second kappa shape index (κ2) is 9.74. The number of rotatable bonds is 5. The summed E-state index contributed by atoms with van der Waals surface area (Å²) in [5, 5.41) is 5.67. The third-order valence-electron chi connectivity index (χ3n) is 3.03. The number of nitrogens with one attached hydrogen (secondary N) is 2. The van der Waals surface area contributed by atoms with Crippen LogP contribution < -0.4 is 10.6 Å². The molecule has 0 aromatic carbocycles. The number of aliphatic imine (C=N–C) groups is 1. The minimum atomic E-state index is -4.28. The number of hydrogen-bond acceptors (Lipinski definition) is 2. The highest BCUT2D eigenvalue weighted by molar-refractivity contribution is 14.0. The number of likely N-dealkylation sites (tertiary alicyclic amines) is 1. The van der Waals surface area contributed by atoms with E-state index in [0.29, 0.717) is 19.5 Å². The molecule has 138 valence electrons. The van der Waals surface area contributed by atoms with Gasteiger partial charge in [-0.1, -0.05) is 0 Å². The molecule has 1 saturated heterocycles. The minimum Gasteiger partial charge on any atom is -0.357 e. The second-order valence-electron chi connectivity index (χ2n) is 5.11. The zero-order valence-corrected chi connectivity index (χ0v) is 14.9. The molecule has 1 unspecified atom stereocenters. The highest BCUT2D eigenvalue weighted by Crippen LogP contribution is 2.20. The van der Waals surface area contributed by atoms with Crippen molar-refractivity contribution in [2.24, 2.45) is 4.99 Å². The fourth-order valence-electron chi connectivity index (χ4n) is 2.16. The SMILES string of the molecule is CCNC(=NCCC(F)(F)F)NC1CCN(CC(F)(F)F)C1.I. The first-order valence-corrected chi connectivity index (χ1v) is 7.00. The number of guanidine groups is 1. The van der Waals surface area contributed by atoms with Crippen molar-refractivity contribution in [3.05, 3.63) is 0 Å². The first-order valence-electron chi connectivity index (χ1n) is 7.00. The Labute approximate surface area is 148 Å². The molecule has 11 heteroatoms. The summed E-state index contributed by atoms with van der Waals surface area (Å²) in [7, 11) is 0. The lowest BCUT2D eigenvalue weighted by molar-refractivity contribution is -0.143. The van der Waals surface area contributed by atoms with Crippen molar-refractivity contribution in [2.75, 3.05) is 32.7 Å². The quantitative estimate of drug-likeness (QED) is 0.286. The van der Waals surface area contributed by atoms with Gasteiger partial charge in [-0.3, -0.25) is 9.89 Å². The molecule has 0 bridgehead atoms. The molecule has 0 saturated carbocycles. The van der Waals surface area contributed by atoms with Crippen LogP contribution in [0.15, 0.2) is 4.99 Å². The Morgan fingerprint density at radius 1 is 1.17 bits per heavy atom.